The first-order valence-corrected chi connectivity index (χ1v) is 6.57. The van der Waals surface area contributed by atoms with Crippen molar-refractivity contribution in [2.75, 3.05) is 0 Å². The maximum Gasteiger partial charge on any atom is 0.256 e. The fourth-order valence-electron chi connectivity index (χ4n) is 2.34. The van der Waals surface area contributed by atoms with Gasteiger partial charge < -0.3 is 10.5 Å². The second kappa shape index (κ2) is 4.75. The highest BCUT2D eigenvalue weighted by Gasteiger charge is 2.31. The summed E-state index contributed by atoms with van der Waals surface area (Å²) in [5.41, 5.74) is 5.92. The van der Waals surface area contributed by atoms with E-state index in [4.69, 9.17) is 10.5 Å². The van der Waals surface area contributed by atoms with E-state index in [-0.39, 0.29) is 12.0 Å². The topological polar surface area (TPSA) is 35.2 Å². The van der Waals surface area contributed by atoms with Crippen LogP contribution in [0.3, 0.4) is 0 Å². The van der Waals surface area contributed by atoms with Crippen LogP contribution in [0.4, 0.5) is 8.78 Å². The lowest BCUT2D eigenvalue weighted by Crippen LogP contribution is -2.45. The summed E-state index contributed by atoms with van der Waals surface area (Å²) < 4.78 is 31.5. The third-order valence-corrected chi connectivity index (χ3v) is 3.59. The largest absolute Gasteiger partial charge is 0.488 e. The lowest BCUT2D eigenvalue weighted by Gasteiger charge is -2.33. The van der Waals surface area contributed by atoms with Crippen molar-refractivity contribution in [3.8, 4) is 5.75 Å². The summed E-state index contributed by atoms with van der Waals surface area (Å²) in [5.74, 6) is 0.857. The molecule has 1 aliphatic rings. The van der Waals surface area contributed by atoms with E-state index in [2.05, 4.69) is 13.8 Å². The Labute approximate surface area is 112 Å². The molecule has 19 heavy (non-hydrogen) atoms. The molecule has 1 aromatic rings. The number of ether oxygens (including phenoxy) is 1. The molecule has 106 valence electrons. The maximum atomic E-state index is 12.8. The number of aryl methyl sites for hydroxylation is 1. The molecule has 1 atom stereocenters. The summed E-state index contributed by atoms with van der Waals surface area (Å²) in [6.07, 6.45) is -0.523. The van der Waals surface area contributed by atoms with Gasteiger partial charge in [0.2, 0.25) is 0 Å². The second-order valence-corrected chi connectivity index (χ2v) is 6.29. The quantitative estimate of drug-likeness (QED) is 0.913. The van der Waals surface area contributed by atoms with Gasteiger partial charge in [-0.15, -0.1) is 0 Å². The molecule has 0 bridgehead atoms. The molecule has 1 aliphatic heterocycles. The van der Waals surface area contributed by atoms with E-state index in [9.17, 15) is 8.78 Å². The van der Waals surface area contributed by atoms with Crippen molar-refractivity contribution in [3.05, 3.63) is 29.3 Å². The molecule has 1 unspecified atom stereocenters. The third kappa shape index (κ3) is 3.24. The van der Waals surface area contributed by atoms with Crippen LogP contribution >= 0.6 is 0 Å². The molecule has 1 aromatic carbocycles. The number of alkyl halides is 2. The van der Waals surface area contributed by atoms with Crippen molar-refractivity contribution < 1.29 is 13.5 Å². The number of hydrogen-bond acceptors (Lipinski definition) is 2. The SMILES string of the molecule is CC1(C)CCc2cc(CC(C)(N)C(F)F)ccc2O1. The van der Waals surface area contributed by atoms with Gasteiger partial charge in [-0.25, -0.2) is 8.78 Å². The van der Waals surface area contributed by atoms with Gasteiger partial charge in [-0.3, -0.25) is 0 Å². The number of halogens is 2. The zero-order valence-electron chi connectivity index (χ0n) is 11.7. The van der Waals surface area contributed by atoms with E-state index in [1.807, 2.05) is 18.2 Å². The van der Waals surface area contributed by atoms with Crippen LogP contribution in [0.15, 0.2) is 18.2 Å². The molecule has 0 radical (unpaired) electrons. The lowest BCUT2D eigenvalue weighted by molar-refractivity contribution is 0.0638. The van der Waals surface area contributed by atoms with Crippen molar-refractivity contribution in [2.45, 2.75) is 57.6 Å². The van der Waals surface area contributed by atoms with E-state index in [1.54, 1.807) is 0 Å². The molecule has 0 saturated carbocycles. The molecule has 0 spiro atoms. The molecule has 0 fully saturated rings. The molecule has 2 rings (SSSR count). The standard InChI is InChI=1S/C15H21F2NO/c1-14(2)7-6-11-8-10(4-5-12(11)19-14)9-15(3,18)13(16)17/h4-5,8,13H,6-7,9,18H2,1-3H3. The van der Waals surface area contributed by atoms with E-state index in [0.29, 0.717) is 0 Å². The van der Waals surface area contributed by atoms with Gasteiger partial charge in [-0.2, -0.15) is 0 Å². The number of hydrogen-bond donors (Lipinski definition) is 1. The van der Waals surface area contributed by atoms with Crippen LogP contribution in [0.25, 0.3) is 0 Å². The van der Waals surface area contributed by atoms with E-state index < -0.39 is 12.0 Å². The summed E-state index contributed by atoms with van der Waals surface area (Å²) >= 11 is 0. The Kier molecular flexibility index (Phi) is 3.56. The highest BCUT2D eigenvalue weighted by atomic mass is 19.3. The van der Waals surface area contributed by atoms with Crippen molar-refractivity contribution >= 4 is 0 Å². The Bertz CT molecular complexity index is 469. The number of rotatable bonds is 3. The molecule has 0 aromatic heterocycles. The highest BCUT2D eigenvalue weighted by Crippen LogP contribution is 2.34. The van der Waals surface area contributed by atoms with Crippen LogP contribution in [0.1, 0.15) is 38.3 Å². The average Bonchev–Trinajstić information content (AvgIpc) is 2.28. The van der Waals surface area contributed by atoms with E-state index in [1.165, 1.54) is 6.92 Å². The van der Waals surface area contributed by atoms with Crippen molar-refractivity contribution in [3.63, 3.8) is 0 Å². The average molecular weight is 269 g/mol. The van der Waals surface area contributed by atoms with Gasteiger partial charge in [0.05, 0.1) is 5.54 Å². The Morgan fingerprint density at radius 2 is 2.11 bits per heavy atom. The Hall–Kier alpha value is -1.16. The monoisotopic (exact) mass is 269 g/mol. The highest BCUT2D eigenvalue weighted by molar-refractivity contribution is 5.40. The summed E-state index contributed by atoms with van der Waals surface area (Å²) in [6.45, 7) is 5.49. The van der Waals surface area contributed by atoms with Gasteiger partial charge in [-0.05, 0) is 57.2 Å². The molecule has 0 amide bonds. The second-order valence-electron chi connectivity index (χ2n) is 6.29. The van der Waals surface area contributed by atoms with Crippen LogP contribution in [0.2, 0.25) is 0 Å². The van der Waals surface area contributed by atoms with E-state index >= 15 is 0 Å². The van der Waals surface area contributed by atoms with Gasteiger partial charge in [-0.1, -0.05) is 12.1 Å². The van der Waals surface area contributed by atoms with Crippen LogP contribution in [-0.2, 0) is 12.8 Å². The summed E-state index contributed by atoms with van der Waals surface area (Å²) in [5, 5.41) is 0. The fourth-order valence-corrected chi connectivity index (χ4v) is 2.34. The predicted octanol–water partition coefficient (Wildman–Crippen LogP) is 3.32. The first-order valence-electron chi connectivity index (χ1n) is 6.57. The predicted molar refractivity (Wildman–Crippen MR) is 71.8 cm³/mol. The minimum Gasteiger partial charge on any atom is -0.488 e. The Morgan fingerprint density at radius 3 is 2.74 bits per heavy atom. The van der Waals surface area contributed by atoms with Crippen LogP contribution in [0, 0.1) is 0 Å². The van der Waals surface area contributed by atoms with Gasteiger partial charge in [0.1, 0.15) is 11.4 Å². The smallest absolute Gasteiger partial charge is 0.256 e. The third-order valence-electron chi connectivity index (χ3n) is 3.59. The minimum atomic E-state index is -2.53. The first kappa shape index (κ1) is 14.3. The van der Waals surface area contributed by atoms with Gasteiger partial charge in [0.25, 0.3) is 6.43 Å². The fraction of sp³-hybridized carbons (Fsp3) is 0.600. The summed E-state index contributed by atoms with van der Waals surface area (Å²) in [4.78, 5) is 0. The minimum absolute atomic E-state index is 0.153. The molecule has 0 saturated heterocycles. The maximum absolute atomic E-state index is 12.8. The molecule has 4 heteroatoms. The normalized spacial score (nSPS) is 20.6. The van der Waals surface area contributed by atoms with E-state index in [0.717, 1.165) is 29.7 Å². The molecule has 1 heterocycles. The molecule has 0 aliphatic carbocycles. The van der Waals surface area contributed by atoms with Crippen LogP contribution in [-0.4, -0.2) is 17.6 Å². The van der Waals surface area contributed by atoms with Crippen molar-refractivity contribution in [2.24, 2.45) is 5.73 Å². The Balaban J connectivity index is 2.19. The number of nitrogens with two attached hydrogens (primary N) is 1. The zero-order chi connectivity index (χ0) is 14.3. The number of benzene rings is 1. The molecular weight excluding hydrogens is 248 g/mol. The van der Waals surface area contributed by atoms with Crippen LogP contribution < -0.4 is 10.5 Å². The van der Waals surface area contributed by atoms with Gasteiger partial charge in [0.15, 0.2) is 0 Å². The van der Waals surface area contributed by atoms with Gasteiger partial charge >= 0.3 is 0 Å². The van der Waals surface area contributed by atoms with Crippen molar-refractivity contribution in [1.82, 2.24) is 0 Å². The summed E-state index contributed by atoms with van der Waals surface area (Å²) in [7, 11) is 0. The number of fused-ring (bicyclic) bond motifs is 1. The summed E-state index contributed by atoms with van der Waals surface area (Å²) in [6, 6.07) is 5.64. The molecular formula is C15H21F2NO. The zero-order valence-corrected chi connectivity index (χ0v) is 11.7. The molecule has 2 nitrogen and oxygen atoms in total. The van der Waals surface area contributed by atoms with Crippen LogP contribution in [0.5, 0.6) is 5.75 Å². The molecule has 2 N–H and O–H groups in total. The Morgan fingerprint density at radius 1 is 1.42 bits per heavy atom. The van der Waals surface area contributed by atoms with Crippen molar-refractivity contribution in [1.29, 1.82) is 0 Å². The van der Waals surface area contributed by atoms with Gasteiger partial charge in [0, 0.05) is 0 Å². The first-order chi connectivity index (χ1) is 8.70. The lowest BCUT2D eigenvalue weighted by atomic mass is 9.90.